The van der Waals surface area contributed by atoms with E-state index in [4.69, 9.17) is 9.15 Å². The lowest BCUT2D eigenvalue weighted by Crippen LogP contribution is -2.21. The normalized spacial score (nSPS) is 24.4. The van der Waals surface area contributed by atoms with Crippen LogP contribution in [-0.2, 0) is 4.74 Å². The van der Waals surface area contributed by atoms with Gasteiger partial charge in [0.15, 0.2) is 0 Å². The topological polar surface area (TPSA) is 34.4 Å². The molecule has 1 fully saturated rings. The van der Waals surface area contributed by atoms with Gasteiger partial charge in [-0.3, -0.25) is 0 Å². The molecule has 2 atom stereocenters. The predicted molar refractivity (Wildman–Crippen MR) is 62.0 cm³/mol. The number of methoxy groups -OCH3 is 1. The monoisotopic (exact) mass is 273 g/mol. The fourth-order valence-corrected chi connectivity index (χ4v) is 2.32. The second kappa shape index (κ2) is 5.14. The maximum absolute atomic E-state index is 5.45. The van der Waals surface area contributed by atoms with Crippen molar-refractivity contribution in [2.45, 2.75) is 12.3 Å². The lowest BCUT2D eigenvalue weighted by atomic mass is 10.2. The first-order chi connectivity index (χ1) is 7.33. The minimum Gasteiger partial charge on any atom is -0.468 e. The van der Waals surface area contributed by atoms with Crippen LogP contribution in [0, 0.1) is 5.92 Å². The molecule has 0 amide bonds. The molecule has 84 valence electrons. The summed E-state index contributed by atoms with van der Waals surface area (Å²) in [5.74, 6) is 2.43. The Morgan fingerprint density at radius 3 is 3.20 bits per heavy atom. The Morgan fingerprint density at radius 2 is 2.53 bits per heavy atom. The van der Waals surface area contributed by atoms with Crippen LogP contribution in [0.25, 0.3) is 0 Å². The highest BCUT2D eigenvalue weighted by molar-refractivity contribution is 9.10. The third-order valence-electron chi connectivity index (χ3n) is 2.79. The van der Waals surface area contributed by atoms with Gasteiger partial charge in [-0.2, -0.15) is 0 Å². The zero-order valence-electron chi connectivity index (χ0n) is 8.83. The first-order valence-electron chi connectivity index (χ1n) is 5.25. The predicted octanol–water partition coefficient (Wildman–Crippen LogP) is 2.38. The second-order valence-corrected chi connectivity index (χ2v) is 4.79. The molecule has 1 N–H and O–H groups in total. The van der Waals surface area contributed by atoms with Gasteiger partial charge in [0.1, 0.15) is 5.76 Å². The van der Waals surface area contributed by atoms with Gasteiger partial charge >= 0.3 is 0 Å². The fraction of sp³-hybridized carbons (Fsp3) is 0.636. The average molecular weight is 274 g/mol. The molecule has 1 aliphatic carbocycles. The van der Waals surface area contributed by atoms with Crippen LogP contribution >= 0.6 is 15.9 Å². The summed E-state index contributed by atoms with van der Waals surface area (Å²) >= 11 is 3.49. The number of rotatable bonds is 6. The van der Waals surface area contributed by atoms with Crippen LogP contribution in [0.2, 0.25) is 0 Å². The van der Waals surface area contributed by atoms with Gasteiger partial charge in [-0.25, -0.2) is 0 Å². The standard InChI is InChI=1S/C11H16BrNO2/c1-14-5-3-13-7-8-6-9(8)11-10(12)2-4-15-11/h2,4,8-9,13H,3,5-7H2,1H3. The molecule has 1 heterocycles. The Labute approximate surface area is 98.3 Å². The molecule has 3 nitrogen and oxygen atoms in total. The Balaban J connectivity index is 1.70. The van der Waals surface area contributed by atoms with Crippen LogP contribution in [0.1, 0.15) is 18.1 Å². The van der Waals surface area contributed by atoms with Crippen LogP contribution in [0.15, 0.2) is 21.2 Å². The summed E-state index contributed by atoms with van der Waals surface area (Å²) in [6, 6.07) is 1.96. The van der Waals surface area contributed by atoms with Gasteiger partial charge in [0.25, 0.3) is 0 Å². The van der Waals surface area contributed by atoms with Crippen molar-refractivity contribution in [2.75, 3.05) is 26.8 Å². The molecule has 1 aromatic rings. The number of halogens is 1. The summed E-state index contributed by atoms with van der Waals surface area (Å²) in [6.45, 7) is 2.77. The summed E-state index contributed by atoms with van der Waals surface area (Å²) in [5.41, 5.74) is 0. The lowest BCUT2D eigenvalue weighted by molar-refractivity contribution is 0.199. The third kappa shape index (κ3) is 2.83. The van der Waals surface area contributed by atoms with Gasteiger partial charge in [0.05, 0.1) is 17.3 Å². The van der Waals surface area contributed by atoms with Crippen LogP contribution in [0.4, 0.5) is 0 Å². The van der Waals surface area contributed by atoms with Crippen LogP contribution in [0.3, 0.4) is 0 Å². The molecule has 4 heteroatoms. The number of ether oxygens (including phenoxy) is 1. The molecule has 1 aromatic heterocycles. The Bertz CT molecular complexity index is 313. The van der Waals surface area contributed by atoms with E-state index in [-0.39, 0.29) is 0 Å². The molecule has 2 rings (SSSR count). The summed E-state index contributed by atoms with van der Waals surface area (Å²) in [7, 11) is 1.72. The van der Waals surface area contributed by atoms with E-state index >= 15 is 0 Å². The summed E-state index contributed by atoms with van der Waals surface area (Å²) in [4.78, 5) is 0. The maximum atomic E-state index is 5.45. The maximum Gasteiger partial charge on any atom is 0.121 e. The molecule has 1 saturated carbocycles. The van der Waals surface area contributed by atoms with Crippen molar-refractivity contribution in [3.8, 4) is 0 Å². The largest absolute Gasteiger partial charge is 0.468 e. The first kappa shape index (κ1) is 11.2. The first-order valence-corrected chi connectivity index (χ1v) is 6.04. The third-order valence-corrected chi connectivity index (χ3v) is 3.45. The van der Waals surface area contributed by atoms with E-state index in [9.17, 15) is 0 Å². The molecule has 0 spiro atoms. The van der Waals surface area contributed by atoms with E-state index in [1.807, 2.05) is 6.07 Å². The second-order valence-electron chi connectivity index (χ2n) is 3.93. The number of furan rings is 1. The van der Waals surface area contributed by atoms with Crippen molar-refractivity contribution < 1.29 is 9.15 Å². The van der Waals surface area contributed by atoms with E-state index in [0.717, 1.165) is 35.8 Å². The summed E-state index contributed by atoms with van der Waals surface area (Å²) < 4.78 is 11.5. The average Bonchev–Trinajstić information content (AvgIpc) is 2.87. The highest BCUT2D eigenvalue weighted by atomic mass is 79.9. The Kier molecular flexibility index (Phi) is 3.83. The zero-order valence-corrected chi connectivity index (χ0v) is 10.4. The van der Waals surface area contributed by atoms with Crippen molar-refractivity contribution in [3.63, 3.8) is 0 Å². The van der Waals surface area contributed by atoms with E-state index in [1.165, 1.54) is 6.42 Å². The lowest BCUT2D eigenvalue weighted by Gasteiger charge is -2.02. The van der Waals surface area contributed by atoms with Crippen molar-refractivity contribution in [3.05, 3.63) is 22.6 Å². The van der Waals surface area contributed by atoms with Crippen LogP contribution in [0.5, 0.6) is 0 Å². The minimum atomic E-state index is 0.601. The highest BCUT2D eigenvalue weighted by Crippen LogP contribution is 2.49. The summed E-state index contributed by atoms with van der Waals surface area (Å²) in [5, 5.41) is 3.38. The molecule has 15 heavy (non-hydrogen) atoms. The molecule has 0 saturated heterocycles. The van der Waals surface area contributed by atoms with E-state index in [0.29, 0.717) is 5.92 Å². The summed E-state index contributed by atoms with van der Waals surface area (Å²) in [6.07, 6.45) is 2.97. The molecule has 0 aromatic carbocycles. The Hall–Kier alpha value is -0.320. The van der Waals surface area contributed by atoms with Crippen LogP contribution in [-0.4, -0.2) is 26.8 Å². The van der Waals surface area contributed by atoms with Crippen molar-refractivity contribution >= 4 is 15.9 Å². The molecule has 1 aliphatic rings. The van der Waals surface area contributed by atoms with E-state index in [2.05, 4.69) is 21.2 Å². The van der Waals surface area contributed by atoms with Gasteiger partial charge in [-0.1, -0.05) is 0 Å². The molecular formula is C11H16BrNO2. The van der Waals surface area contributed by atoms with Gasteiger partial charge in [-0.15, -0.1) is 0 Å². The van der Waals surface area contributed by atoms with E-state index < -0.39 is 0 Å². The van der Waals surface area contributed by atoms with Crippen molar-refractivity contribution in [2.24, 2.45) is 5.92 Å². The molecule has 2 unspecified atom stereocenters. The van der Waals surface area contributed by atoms with Crippen molar-refractivity contribution in [1.29, 1.82) is 0 Å². The smallest absolute Gasteiger partial charge is 0.121 e. The quantitative estimate of drug-likeness (QED) is 0.809. The fourth-order valence-electron chi connectivity index (χ4n) is 1.83. The number of hydrogen-bond acceptors (Lipinski definition) is 3. The SMILES string of the molecule is COCCNCC1CC1c1occc1Br. The molecular weight excluding hydrogens is 258 g/mol. The van der Waals surface area contributed by atoms with E-state index in [1.54, 1.807) is 13.4 Å². The van der Waals surface area contributed by atoms with Gasteiger partial charge in [0.2, 0.25) is 0 Å². The molecule has 0 bridgehead atoms. The zero-order chi connectivity index (χ0) is 10.7. The highest BCUT2D eigenvalue weighted by Gasteiger charge is 2.41. The molecule has 0 radical (unpaired) electrons. The number of nitrogens with one attached hydrogen (secondary N) is 1. The van der Waals surface area contributed by atoms with Crippen molar-refractivity contribution in [1.82, 2.24) is 5.32 Å². The van der Waals surface area contributed by atoms with Crippen LogP contribution < -0.4 is 5.32 Å². The Morgan fingerprint density at radius 1 is 1.67 bits per heavy atom. The molecule has 0 aliphatic heterocycles. The van der Waals surface area contributed by atoms with Gasteiger partial charge < -0.3 is 14.5 Å². The number of hydrogen-bond donors (Lipinski definition) is 1. The minimum absolute atomic E-state index is 0.601. The van der Waals surface area contributed by atoms with Gasteiger partial charge in [-0.05, 0) is 40.9 Å². The van der Waals surface area contributed by atoms with Gasteiger partial charge in [0, 0.05) is 19.6 Å².